The van der Waals surface area contributed by atoms with Gasteiger partial charge < -0.3 is 14.8 Å². The normalized spacial score (nSPS) is 14.9. The zero-order chi connectivity index (χ0) is 19.6. The molecule has 1 fully saturated rings. The number of piperazine rings is 1. The molecule has 0 aliphatic carbocycles. The fourth-order valence-corrected chi connectivity index (χ4v) is 2.74. The van der Waals surface area contributed by atoms with Crippen molar-refractivity contribution >= 4 is 11.8 Å². The van der Waals surface area contributed by atoms with Crippen LogP contribution in [0.3, 0.4) is 0 Å². The molecule has 10 heteroatoms. The smallest absolute Gasteiger partial charge is 0.335 e. The van der Waals surface area contributed by atoms with Crippen LogP contribution in [-0.4, -0.2) is 57.8 Å². The Morgan fingerprint density at radius 3 is 2.22 bits per heavy atom. The molecule has 7 nitrogen and oxygen atoms in total. The largest absolute Gasteiger partial charge is 0.417 e. The van der Waals surface area contributed by atoms with Crippen LogP contribution in [0.25, 0.3) is 0 Å². The fourth-order valence-electron chi connectivity index (χ4n) is 2.74. The lowest BCUT2D eigenvalue weighted by Crippen LogP contribution is -2.51. The van der Waals surface area contributed by atoms with Gasteiger partial charge in [0.2, 0.25) is 0 Å². The number of amides is 2. The molecule has 142 valence electrons. The second-order valence-electron chi connectivity index (χ2n) is 5.93. The molecular weight excluding hydrogens is 365 g/mol. The van der Waals surface area contributed by atoms with Crippen molar-refractivity contribution in [3.63, 3.8) is 0 Å². The zero-order valence-corrected chi connectivity index (χ0v) is 14.0. The Kier molecular flexibility index (Phi) is 4.98. The van der Waals surface area contributed by atoms with Gasteiger partial charge in [-0.05, 0) is 18.2 Å². The van der Waals surface area contributed by atoms with Gasteiger partial charge in [0, 0.05) is 38.6 Å². The molecule has 0 radical (unpaired) electrons. The van der Waals surface area contributed by atoms with Crippen LogP contribution in [0.4, 0.5) is 13.2 Å². The molecule has 0 atom stereocenters. The summed E-state index contributed by atoms with van der Waals surface area (Å²) in [5, 5.41) is 0. The van der Waals surface area contributed by atoms with E-state index in [0.717, 1.165) is 0 Å². The molecule has 0 aromatic carbocycles. The van der Waals surface area contributed by atoms with Gasteiger partial charge in [-0.15, -0.1) is 0 Å². The number of hydrogen-bond donors (Lipinski definition) is 1. The van der Waals surface area contributed by atoms with Gasteiger partial charge in [-0.1, -0.05) is 6.07 Å². The van der Waals surface area contributed by atoms with Crippen molar-refractivity contribution in [3.05, 3.63) is 63.8 Å². The second kappa shape index (κ2) is 7.22. The number of carbonyl (C=O) groups excluding carboxylic acids is 2. The molecule has 3 heterocycles. The summed E-state index contributed by atoms with van der Waals surface area (Å²) in [5.41, 5.74) is -2.30. The summed E-state index contributed by atoms with van der Waals surface area (Å²) in [6.45, 7) is 0.593. The van der Waals surface area contributed by atoms with E-state index in [1.807, 2.05) is 4.98 Å². The van der Waals surface area contributed by atoms with E-state index in [4.69, 9.17) is 0 Å². The van der Waals surface area contributed by atoms with Crippen LogP contribution in [0.15, 0.2) is 41.5 Å². The predicted octanol–water partition coefficient (Wildman–Crippen LogP) is 1.39. The van der Waals surface area contributed by atoms with Crippen LogP contribution in [0.1, 0.15) is 26.4 Å². The molecule has 0 saturated carbocycles. The molecule has 1 saturated heterocycles. The summed E-state index contributed by atoms with van der Waals surface area (Å²) >= 11 is 0. The van der Waals surface area contributed by atoms with Crippen LogP contribution in [-0.2, 0) is 6.18 Å². The molecule has 3 rings (SSSR count). The van der Waals surface area contributed by atoms with Gasteiger partial charge in [-0.25, -0.2) is 0 Å². The highest BCUT2D eigenvalue weighted by molar-refractivity contribution is 5.95. The van der Waals surface area contributed by atoms with E-state index in [1.165, 1.54) is 16.0 Å². The minimum atomic E-state index is -4.67. The maximum absolute atomic E-state index is 12.8. The van der Waals surface area contributed by atoms with E-state index >= 15 is 0 Å². The lowest BCUT2D eigenvalue weighted by molar-refractivity contribution is -0.137. The van der Waals surface area contributed by atoms with E-state index in [0.29, 0.717) is 12.3 Å². The fraction of sp³-hybridized carbons (Fsp3) is 0.294. The molecular formula is C17H15F3N4O3. The molecule has 2 amide bonds. The molecule has 1 aliphatic rings. The van der Waals surface area contributed by atoms with Crippen LogP contribution < -0.4 is 5.56 Å². The van der Waals surface area contributed by atoms with Crippen molar-refractivity contribution in [2.45, 2.75) is 6.18 Å². The summed E-state index contributed by atoms with van der Waals surface area (Å²) < 4.78 is 38.4. The first-order valence-corrected chi connectivity index (χ1v) is 8.07. The molecule has 27 heavy (non-hydrogen) atoms. The number of alkyl halides is 3. The molecule has 0 bridgehead atoms. The van der Waals surface area contributed by atoms with Gasteiger partial charge in [-0.3, -0.25) is 19.4 Å². The van der Waals surface area contributed by atoms with Crippen molar-refractivity contribution < 1.29 is 22.8 Å². The van der Waals surface area contributed by atoms with E-state index in [1.54, 1.807) is 18.2 Å². The van der Waals surface area contributed by atoms with E-state index in [-0.39, 0.29) is 37.8 Å². The topological polar surface area (TPSA) is 86.4 Å². The van der Waals surface area contributed by atoms with Crippen molar-refractivity contribution in [2.24, 2.45) is 0 Å². The maximum Gasteiger partial charge on any atom is 0.417 e. The lowest BCUT2D eigenvalue weighted by Gasteiger charge is -2.34. The maximum atomic E-state index is 12.8. The third-order valence-electron chi connectivity index (χ3n) is 4.20. The monoisotopic (exact) mass is 380 g/mol. The van der Waals surface area contributed by atoms with Crippen LogP contribution in [0.2, 0.25) is 0 Å². The Bertz CT molecular complexity index is 904. The number of H-pyrrole nitrogens is 1. The number of hydrogen-bond acceptors (Lipinski definition) is 4. The number of aromatic amines is 1. The summed E-state index contributed by atoms with van der Waals surface area (Å²) in [6.07, 6.45) is -2.65. The molecule has 0 unspecified atom stereocenters. The highest BCUT2D eigenvalue weighted by atomic mass is 19.4. The average Bonchev–Trinajstić information content (AvgIpc) is 2.67. The van der Waals surface area contributed by atoms with Gasteiger partial charge in [0.15, 0.2) is 0 Å². The van der Waals surface area contributed by atoms with E-state index in [2.05, 4.69) is 4.98 Å². The number of carbonyl (C=O) groups is 2. The second-order valence-corrected chi connectivity index (χ2v) is 5.93. The first-order chi connectivity index (χ1) is 12.8. The Labute approximate surface area is 151 Å². The van der Waals surface area contributed by atoms with E-state index in [9.17, 15) is 27.6 Å². The summed E-state index contributed by atoms with van der Waals surface area (Å²) in [4.78, 5) is 45.3. The minimum absolute atomic E-state index is 0.104. The molecule has 2 aromatic heterocycles. The Hall–Kier alpha value is -3.17. The number of rotatable bonds is 2. The zero-order valence-electron chi connectivity index (χ0n) is 14.0. The van der Waals surface area contributed by atoms with Crippen molar-refractivity contribution in [1.82, 2.24) is 19.8 Å². The van der Waals surface area contributed by atoms with Gasteiger partial charge in [0.1, 0.15) is 11.3 Å². The first-order valence-electron chi connectivity index (χ1n) is 8.07. The number of aromatic nitrogens is 2. The van der Waals surface area contributed by atoms with Crippen LogP contribution in [0, 0.1) is 0 Å². The summed E-state index contributed by atoms with van der Waals surface area (Å²) in [6, 6.07) is 5.48. The molecule has 2 aromatic rings. The Balaban J connectivity index is 1.70. The highest BCUT2D eigenvalue weighted by Gasteiger charge is 2.33. The minimum Gasteiger partial charge on any atom is -0.335 e. The van der Waals surface area contributed by atoms with Crippen LogP contribution in [0.5, 0.6) is 0 Å². The standard InChI is InChI=1S/C17H15F3N4O3/c18-17(19,20)11-9-12(14(25)22-10-11)15(26)23-5-7-24(8-6-23)16(27)13-3-1-2-4-21-13/h1-4,9-10H,5-8H2,(H,22,25). The highest BCUT2D eigenvalue weighted by Crippen LogP contribution is 2.28. The summed E-state index contributed by atoms with van der Waals surface area (Å²) in [5.74, 6) is -1.09. The van der Waals surface area contributed by atoms with E-state index < -0.39 is 28.8 Å². The Morgan fingerprint density at radius 1 is 1.04 bits per heavy atom. The van der Waals surface area contributed by atoms with Crippen molar-refractivity contribution in [1.29, 1.82) is 0 Å². The van der Waals surface area contributed by atoms with Gasteiger partial charge in [0.25, 0.3) is 17.4 Å². The quantitative estimate of drug-likeness (QED) is 0.853. The number of nitrogens with one attached hydrogen (secondary N) is 1. The SMILES string of the molecule is O=C(c1ccccn1)N1CCN(C(=O)c2cc(C(F)(F)F)c[nH]c2=O)CC1. The third kappa shape index (κ3) is 3.99. The van der Waals surface area contributed by atoms with Gasteiger partial charge >= 0.3 is 6.18 Å². The Morgan fingerprint density at radius 2 is 1.67 bits per heavy atom. The van der Waals surface area contributed by atoms with Crippen molar-refractivity contribution in [2.75, 3.05) is 26.2 Å². The average molecular weight is 380 g/mol. The molecule has 1 aliphatic heterocycles. The first kappa shape index (κ1) is 18.6. The van der Waals surface area contributed by atoms with Gasteiger partial charge in [-0.2, -0.15) is 13.2 Å². The predicted molar refractivity (Wildman–Crippen MR) is 88.1 cm³/mol. The molecule has 1 N–H and O–H groups in total. The third-order valence-corrected chi connectivity index (χ3v) is 4.20. The number of nitrogens with zero attached hydrogens (tertiary/aromatic N) is 3. The number of pyridine rings is 2. The lowest BCUT2D eigenvalue weighted by atomic mass is 10.1. The molecule has 0 spiro atoms. The van der Waals surface area contributed by atoms with Crippen molar-refractivity contribution in [3.8, 4) is 0 Å². The summed E-state index contributed by atoms with van der Waals surface area (Å²) in [7, 11) is 0. The van der Waals surface area contributed by atoms with Crippen LogP contribution >= 0.6 is 0 Å². The number of halogens is 3. The van der Waals surface area contributed by atoms with Gasteiger partial charge in [0.05, 0.1) is 5.56 Å².